The SMILES string of the molecule is Cc1ncsc1-c1ccc([C@H](C)NC(=O)[C@@H]2CCCN2C(=O)C(NC(=O)CNC2CC(N3CCN(c4ccc(C(=O)NC5C(C)(C)CC5(C)C)cn4)CC3)C2)C(C)(C)C)cc1. The first kappa shape index (κ1) is 44.6. The summed E-state index contributed by atoms with van der Waals surface area (Å²) in [7, 11) is 0. The van der Waals surface area contributed by atoms with Gasteiger partial charge in [-0.25, -0.2) is 9.97 Å². The van der Waals surface area contributed by atoms with Gasteiger partial charge in [-0.1, -0.05) is 72.7 Å². The molecule has 4 fully saturated rings. The third kappa shape index (κ3) is 9.97. The summed E-state index contributed by atoms with van der Waals surface area (Å²) in [6, 6.07) is 11.3. The Morgan fingerprint density at radius 3 is 2.18 bits per heavy atom. The Bertz CT molecular complexity index is 2030. The van der Waals surface area contributed by atoms with E-state index < -0.39 is 17.5 Å². The van der Waals surface area contributed by atoms with E-state index in [0.717, 1.165) is 79.4 Å². The lowest BCUT2D eigenvalue weighted by atomic mass is 9.52. The van der Waals surface area contributed by atoms with E-state index in [2.05, 4.69) is 80.9 Å². The average Bonchev–Trinajstić information content (AvgIpc) is 3.87. The molecule has 13 nitrogen and oxygen atoms in total. The van der Waals surface area contributed by atoms with Crippen molar-refractivity contribution >= 4 is 40.8 Å². The van der Waals surface area contributed by atoms with Crippen molar-refractivity contribution in [2.75, 3.05) is 44.2 Å². The fraction of sp³-hybridized carbons (Fsp3) is 0.617. The maximum absolute atomic E-state index is 14.1. The van der Waals surface area contributed by atoms with E-state index in [1.54, 1.807) is 22.4 Å². The molecular weight excluding hydrogens is 787 g/mol. The molecule has 3 aromatic rings. The number of carbonyl (C=O) groups is 4. The van der Waals surface area contributed by atoms with Crippen molar-refractivity contribution in [1.29, 1.82) is 0 Å². The summed E-state index contributed by atoms with van der Waals surface area (Å²) in [6.07, 6.45) is 6.02. The normalized spacial score (nSPS) is 23.7. The molecule has 2 saturated heterocycles. The lowest BCUT2D eigenvalue weighted by Crippen LogP contribution is -2.63. The molecule has 2 aliphatic carbocycles. The Morgan fingerprint density at radius 2 is 1.59 bits per heavy atom. The van der Waals surface area contributed by atoms with E-state index in [-0.39, 0.29) is 59.1 Å². The second-order valence-electron chi connectivity index (χ2n) is 20.4. The van der Waals surface area contributed by atoms with Gasteiger partial charge in [-0.3, -0.25) is 24.1 Å². The lowest BCUT2D eigenvalue weighted by Gasteiger charge is -2.57. The van der Waals surface area contributed by atoms with Crippen LogP contribution in [0, 0.1) is 23.2 Å². The fourth-order valence-corrected chi connectivity index (χ4v) is 11.3. The number of amides is 4. The number of benzene rings is 1. The van der Waals surface area contributed by atoms with Crippen LogP contribution in [0.1, 0.15) is 115 Å². The Kier molecular flexibility index (Phi) is 13.0. The molecule has 61 heavy (non-hydrogen) atoms. The van der Waals surface area contributed by atoms with E-state index in [0.29, 0.717) is 24.6 Å². The molecule has 2 saturated carbocycles. The van der Waals surface area contributed by atoms with Gasteiger partial charge in [0.15, 0.2) is 0 Å². The Hall–Kier alpha value is -4.40. The van der Waals surface area contributed by atoms with E-state index >= 15 is 0 Å². The fourth-order valence-electron chi connectivity index (χ4n) is 10.4. The van der Waals surface area contributed by atoms with Crippen LogP contribution < -0.4 is 26.2 Å². The van der Waals surface area contributed by atoms with E-state index in [4.69, 9.17) is 0 Å². The number of anilines is 1. The molecule has 4 aliphatic rings. The van der Waals surface area contributed by atoms with Gasteiger partial charge in [0, 0.05) is 57.0 Å². The average molecular weight is 854 g/mol. The molecule has 330 valence electrons. The predicted octanol–water partition coefficient (Wildman–Crippen LogP) is 5.71. The van der Waals surface area contributed by atoms with Gasteiger partial charge in [0.2, 0.25) is 17.7 Å². The van der Waals surface area contributed by atoms with Crippen molar-refractivity contribution in [3.05, 3.63) is 64.9 Å². The van der Waals surface area contributed by atoms with Crippen LogP contribution in [0.4, 0.5) is 5.82 Å². The number of carbonyl (C=O) groups excluding carboxylic acids is 4. The lowest BCUT2D eigenvalue weighted by molar-refractivity contribution is -0.144. The molecule has 2 aliphatic heterocycles. The van der Waals surface area contributed by atoms with Crippen LogP contribution in [0.3, 0.4) is 0 Å². The van der Waals surface area contributed by atoms with Crippen molar-refractivity contribution in [2.24, 2.45) is 16.2 Å². The maximum atomic E-state index is 14.1. The van der Waals surface area contributed by atoms with Gasteiger partial charge in [-0.05, 0) is 85.5 Å². The first-order valence-electron chi connectivity index (χ1n) is 22.2. The number of hydrogen-bond acceptors (Lipinski definition) is 10. The van der Waals surface area contributed by atoms with Crippen LogP contribution in [0.15, 0.2) is 48.1 Å². The molecule has 1 aromatic carbocycles. The van der Waals surface area contributed by atoms with E-state index in [1.165, 1.54) is 0 Å². The number of likely N-dealkylation sites (tertiary alicyclic amines) is 1. The number of aromatic nitrogens is 2. The van der Waals surface area contributed by atoms with Gasteiger partial charge in [0.05, 0.1) is 34.2 Å². The number of nitrogens with one attached hydrogen (secondary N) is 4. The topological polar surface area (TPSA) is 152 Å². The molecule has 1 unspecified atom stereocenters. The molecule has 0 spiro atoms. The quantitative estimate of drug-likeness (QED) is 0.170. The number of nitrogens with zero attached hydrogens (tertiary/aromatic N) is 5. The Balaban J connectivity index is 0.831. The first-order chi connectivity index (χ1) is 28.8. The number of hydrogen-bond donors (Lipinski definition) is 4. The maximum Gasteiger partial charge on any atom is 0.253 e. The van der Waals surface area contributed by atoms with Crippen LogP contribution in [0.25, 0.3) is 10.4 Å². The summed E-state index contributed by atoms with van der Waals surface area (Å²) >= 11 is 1.61. The highest BCUT2D eigenvalue weighted by atomic mass is 32.1. The summed E-state index contributed by atoms with van der Waals surface area (Å²) in [5, 5.41) is 12.9. The highest BCUT2D eigenvalue weighted by Gasteiger charge is 2.53. The molecule has 4 amide bonds. The third-order valence-electron chi connectivity index (χ3n) is 13.6. The standard InChI is InChI=1S/C47H67N9O4S/c1-29(31-12-14-32(15-13-31)39-30(2)50-28-61-39)51-42(59)36-11-10-18-56(36)43(60)40(45(3,4)5)52-38(57)26-48-34-23-35(24-34)54-19-21-55(22-20-54)37-17-16-33(25-49-37)41(58)53-44-46(6,7)27-47(44,8)9/h12-17,25,28-29,34-36,40,44,48H,10-11,18-24,26-27H2,1-9H3,(H,51,59)(H,52,57)(H,53,58)/t29-,34?,35?,36-,40?/m0/s1. The highest BCUT2D eigenvalue weighted by molar-refractivity contribution is 7.13. The summed E-state index contributed by atoms with van der Waals surface area (Å²) in [5.74, 6) is 0.221. The number of piperazine rings is 1. The molecule has 2 aromatic heterocycles. The van der Waals surface area contributed by atoms with Crippen molar-refractivity contribution in [3.63, 3.8) is 0 Å². The smallest absolute Gasteiger partial charge is 0.253 e. The van der Waals surface area contributed by atoms with Crippen molar-refractivity contribution in [3.8, 4) is 10.4 Å². The van der Waals surface area contributed by atoms with Gasteiger partial charge < -0.3 is 31.1 Å². The van der Waals surface area contributed by atoms with Crippen molar-refractivity contribution < 1.29 is 19.2 Å². The number of pyridine rings is 1. The molecule has 7 rings (SSSR count). The molecule has 4 heterocycles. The van der Waals surface area contributed by atoms with Crippen molar-refractivity contribution in [1.82, 2.24) is 41.0 Å². The highest BCUT2D eigenvalue weighted by Crippen LogP contribution is 2.53. The predicted molar refractivity (Wildman–Crippen MR) is 241 cm³/mol. The Morgan fingerprint density at radius 1 is 0.902 bits per heavy atom. The van der Waals surface area contributed by atoms with Crippen LogP contribution in [0.2, 0.25) is 0 Å². The zero-order chi connectivity index (χ0) is 43.9. The van der Waals surface area contributed by atoms with Crippen LogP contribution >= 0.6 is 11.3 Å². The van der Waals surface area contributed by atoms with E-state index in [9.17, 15) is 19.2 Å². The van der Waals surface area contributed by atoms with Gasteiger partial charge in [0.25, 0.3) is 5.91 Å². The third-order valence-corrected chi connectivity index (χ3v) is 14.6. The van der Waals surface area contributed by atoms with E-state index in [1.807, 2.05) is 64.4 Å². The Labute approximate surface area is 366 Å². The summed E-state index contributed by atoms with van der Waals surface area (Å²) in [6.45, 7) is 22.8. The van der Waals surface area contributed by atoms with Crippen LogP contribution in [0.5, 0.6) is 0 Å². The second kappa shape index (κ2) is 17.8. The molecule has 4 N–H and O–H groups in total. The second-order valence-corrected chi connectivity index (χ2v) is 21.2. The van der Waals surface area contributed by atoms with Crippen LogP contribution in [-0.2, 0) is 14.4 Å². The molecule has 14 heteroatoms. The summed E-state index contributed by atoms with van der Waals surface area (Å²) < 4.78 is 0. The number of rotatable bonds is 13. The monoisotopic (exact) mass is 854 g/mol. The minimum absolute atomic E-state index is 0.0631. The van der Waals surface area contributed by atoms with Gasteiger partial charge in [0.1, 0.15) is 17.9 Å². The van der Waals surface area contributed by atoms with Crippen LogP contribution in [-0.4, -0.2) is 113 Å². The van der Waals surface area contributed by atoms with Crippen molar-refractivity contribution in [2.45, 2.75) is 131 Å². The molecule has 0 radical (unpaired) electrons. The largest absolute Gasteiger partial charge is 0.354 e. The minimum atomic E-state index is -0.768. The van der Waals surface area contributed by atoms with Gasteiger partial charge >= 0.3 is 0 Å². The van der Waals surface area contributed by atoms with Gasteiger partial charge in [-0.2, -0.15) is 0 Å². The number of thiazole rings is 1. The first-order valence-corrected chi connectivity index (χ1v) is 23.1. The summed E-state index contributed by atoms with van der Waals surface area (Å²) in [4.78, 5) is 70.8. The number of aryl methyl sites for hydroxylation is 1. The molecule has 0 bridgehead atoms. The molecular formula is C47H67N9O4S. The van der Waals surface area contributed by atoms with Gasteiger partial charge in [-0.15, -0.1) is 11.3 Å². The minimum Gasteiger partial charge on any atom is -0.354 e. The zero-order valence-electron chi connectivity index (χ0n) is 37.6. The molecule has 3 atom stereocenters. The summed E-state index contributed by atoms with van der Waals surface area (Å²) in [5.41, 5.74) is 5.15. The zero-order valence-corrected chi connectivity index (χ0v) is 38.5.